The van der Waals surface area contributed by atoms with Crippen molar-refractivity contribution < 1.29 is 4.74 Å². The Morgan fingerprint density at radius 1 is 0.500 bits per heavy atom. The minimum Gasteiger partial charge on any atom is -0.381 e. The van der Waals surface area contributed by atoms with Crippen molar-refractivity contribution in [2.24, 2.45) is 0 Å². The zero-order valence-electron chi connectivity index (χ0n) is 12.8. The van der Waals surface area contributed by atoms with Gasteiger partial charge >= 0.3 is 0 Å². The number of ether oxygens (including phenoxy) is 1. The van der Waals surface area contributed by atoms with Gasteiger partial charge in [-0.25, -0.2) is 0 Å². The van der Waals surface area contributed by atoms with Gasteiger partial charge in [-0.3, -0.25) is 0 Å². The van der Waals surface area contributed by atoms with Gasteiger partial charge in [0.25, 0.3) is 0 Å². The third-order valence-electron chi connectivity index (χ3n) is 3.28. The van der Waals surface area contributed by atoms with Crippen LogP contribution in [0.1, 0.15) is 90.9 Å². The second-order valence-corrected chi connectivity index (χ2v) is 5.15. The predicted molar refractivity (Wildman–Crippen MR) is 84.5 cm³/mol. The van der Waals surface area contributed by atoms with Gasteiger partial charge in [-0.15, -0.1) is 0 Å². The molecule has 0 rings (SSSR count). The van der Waals surface area contributed by atoms with Crippen LogP contribution in [0.25, 0.3) is 0 Å². The van der Waals surface area contributed by atoms with Crippen molar-refractivity contribution in [1.82, 2.24) is 0 Å². The quantitative estimate of drug-likeness (QED) is 0.256. The van der Waals surface area contributed by atoms with E-state index in [0.29, 0.717) is 0 Å². The highest BCUT2D eigenvalue weighted by Gasteiger charge is 1.92. The lowest BCUT2D eigenvalue weighted by Gasteiger charge is -2.04. The molecule has 18 heavy (non-hydrogen) atoms. The van der Waals surface area contributed by atoms with Gasteiger partial charge in [-0.2, -0.15) is 0 Å². The summed E-state index contributed by atoms with van der Waals surface area (Å²) in [5.74, 6) is 0. The number of hydrogen-bond acceptors (Lipinski definition) is 1. The maximum Gasteiger partial charge on any atom is 0.0466 e. The van der Waals surface area contributed by atoms with Gasteiger partial charge in [0, 0.05) is 23.1 Å². The highest BCUT2D eigenvalue weighted by Crippen LogP contribution is 2.06. The van der Waals surface area contributed by atoms with E-state index in [0.717, 1.165) is 13.2 Å². The predicted octanol–water partition coefficient (Wildman–Crippen LogP) is 6.59. The molecule has 0 saturated carbocycles. The molecule has 0 bridgehead atoms. The Balaban J connectivity index is 0. The lowest BCUT2D eigenvalue weighted by atomic mass is 10.1. The highest BCUT2D eigenvalue weighted by atomic mass is 31.0. The zero-order chi connectivity index (χ0) is 12.6. The molecule has 1 nitrogen and oxygen atoms in total. The van der Waals surface area contributed by atoms with E-state index in [4.69, 9.17) is 4.74 Å². The first-order chi connectivity index (χ1) is 8.41. The normalized spacial score (nSPS) is 10.3. The number of unbranched alkanes of at least 4 members (excludes halogenated alkanes) is 10. The minimum absolute atomic E-state index is 0. The molecular formula is C16H34OP. The van der Waals surface area contributed by atoms with E-state index in [9.17, 15) is 0 Å². The lowest BCUT2D eigenvalue weighted by Crippen LogP contribution is -1.97. The van der Waals surface area contributed by atoms with Gasteiger partial charge in [0.15, 0.2) is 0 Å². The molecular weight excluding hydrogens is 239 g/mol. The van der Waals surface area contributed by atoms with Crippen LogP contribution in [-0.2, 0) is 4.74 Å². The molecule has 0 aromatic heterocycles. The standard InChI is InChI=1S/C16H34O.P/c1-3-5-7-9-11-13-15-17-16-14-12-10-8-6-4-2;/h3-16H2,1-2H3;. The van der Waals surface area contributed by atoms with E-state index < -0.39 is 0 Å². The Labute approximate surface area is 119 Å². The Morgan fingerprint density at radius 3 is 1.22 bits per heavy atom. The molecule has 3 radical (unpaired) electrons. The van der Waals surface area contributed by atoms with Gasteiger partial charge in [0.2, 0.25) is 0 Å². The molecule has 0 aromatic rings. The molecule has 0 aliphatic carbocycles. The Hall–Kier alpha value is 0.390. The molecule has 0 aromatic carbocycles. The molecule has 0 atom stereocenters. The molecule has 0 fully saturated rings. The fraction of sp³-hybridized carbons (Fsp3) is 1.00. The Kier molecular flexibility index (Phi) is 22.7. The lowest BCUT2D eigenvalue weighted by molar-refractivity contribution is 0.125. The second kappa shape index (κ2) is 19.7. The topological polar surface area (TPSA) is 9.23 Å². The van der Waals surface area contributed by atoms with Gasteiger partial charge in [-0.1, -0.05) is 78.1 Å². The molecule has 0 aliphatic rings. The van der Waals surface area contributed by atoms with Crippen LogP contribution in [0.15, 0.2) is 0 Å². The van der Waals surface area contributed by atoms with Crippen LogP contribution in [0, 0.1) is 0 Å². The number of hydrogen-bond donors (Lipinski definition) is 0. The van der Waals surface area contributed by atoms with Crippen LogP contribution >= 0.6 is 9.90 Å². The average molecular weight is 273 g/mol. The molecule has 0 heterocycles. The van der Waals surface area contributed by atoms with Crippen LogP contribution < -0.4 is 0 Å². The first-order valence-electron chi connectivity index (χ1n) is 7.99. The summed E-state index contributed by atoms with van der Waals surface area (Å²) in [6.07, 6.45) is 16.3. The monoisotopic (exact) mass is 273 g/mol. The van der Waals surface area contributed by atoms with E-state index in [2.05, 4.69) is 13.8 Å². The van der Waals surface area contributed by atoms with Gasteiger partial charge < -0.3 is 4.74 Å². The summed E-state index contributed by atoms with van der Waals surface area (Å²) < 4.78 is 5.65. The molecule has 2 heteroatoms. The van der Waals surface area contributed by atoms with Crippen LogP contribution in [0.4, 0.5) is 0 Å². The second-order valence-electron chi connectivity index (χ2n) is 5.15. The largest absolute Gasteiger partial charge is 0.381 e. The van der Waals surface area contributed by atoms with Crippen molar-refractivity contribution in [3.8, 4) is 0 Å². The van der Waals surface area contributed by atoms with E-state index in [-0.39, 0.29) is 9.90 Å². The fourth-order valence-electron chi connectivity index (χ4n) is 2.07. The molecule has 0 spiro atoms. The van der Waals surface area contributed by atoms with Crippen molar-refractivity contribution in [2.75, 3.05) is 13.2 Å². The maximum absolute atomic E-state index is 5.65. The van der Waals surface area contributed by atoms with E-state index in [1.807, 2.05) is 0 Å². The van der Waals surface area contributed by atoms with E-state index >= 15 is 0 Å². The summed E-state index contributed by atoms with van der Waals surface area (Å²) in [6.45, 7) is 6.51. The Bertz CT molecular complexity index is 114. The van der Waals surface area contributed by atoms with Crippen LogP contribution in [-0.4, -0.2) is 13.2 Å². The zero-order valence-corrected chi connectivity index (χ0v) is 13.6. The van der Waals surface area contributed by atoms with Gasteiger partial charge in [0.1, 0.15) is 0 Å². The van der Waals surface area contributed by atoms with Crippen LogP contribution in [0.2, 0.25) is 0 Å². The number of rotatable bonds is 14. The van der Waals surface area contributed by atoms with Crippen molar-refractivity contribution in [2.45, 2.75) is 90.9 Å². The first kappa shape index (κ1) is 20.7. The summed E-state index contributed by atoms with van der Waals surface area (Å²) in [7, 11) is 0. The van der Waals surface area contributed by atoms with Crippen molar-refractivity contribution >= 4 is 9.90 Å². The molecule has 0 amide bonds. The fourth-order valence-corrected chi connectivity index (χ4v) is 2.07. The first-order valence-corrected chi connectivity index (χ1v) is 7.99. The third-order valence-corrected chi connectivity index (χ3v) is 3.28. The molecule has 0 unspecified atom stereocenters. The molecule has 109 valence electrons. The van der Waals surface area contributed by atoms with Crippen LogP contribution in [0.3, 0.4) is 0 Å². The van der Waals surface area contributed by atoms with E-state index in [1.165, 1.54) is 77.0 Å². The third kappa shape index (κ3) is 18.7. The Morgan fingerprint density at radius 2 is 0.833 bits per heavy atom. The van der Waals surface area contributed by atoms with Crippen molar-refractivity contribution in [1.29, 1.82) is 0 Å². The van der Waals surface area contributed by atoms with Crippen molar-refractivity contribution in [3.63, 3.8) is 0 Å². The SMILES string of the molecule is CCCCCCCCOCCCCCCCC.[P]. The van der Waals surface area contributed by atoms with Crippen molar-refractivity contribution in [3.05, 3.63) is 0 Å². The molecule has 0 aliphatic heterocycles. The minimum atomic E-state index is 0. The summed E-state index contributed by atoms with van der Waals surface area (Å²) in [4.78, 5) is 0. The molecule has 0 saturated heterocycles. The summed E-state index contributed by atoms with van der Waals surface area (Å²) in [5, 5.41) is 0. The maximum atomic E-state index is 5.65. The highest BCUT2D eigenvalue weighted by molar-refractivity contribution is 6.92. The molecule has 0 N–H and O–H groups in total. The average Bonchev–Trinajstić information content (AvgIpc) is 2.35. The summed E-state index contributed by atoms with van der Waals surface area (Å²) in [5.41, 5.74) is 0. The van der Waals surface area contributed by atoms with Gasteiger partial charge in [-0.05, 0) is 12.8 Å². The summed E-state index contributed by atoms with van der Waals surface area (Å²) in [6, 6.07) is 0. The summed E-state index contributed by atoms with van der Waals surface area (Å²) >= 11 is 0. The van der Waals surface area contributed by atoms with Gasteiger partial charge in [0.05, 0.1) is 0 Å². The van der Waals surface area contributed by atoms with Crippen LogP contribution in [0.5, 0.6) is 0 Å². The smallest absolute Gasteiger partial charge is 0.0466 e. The van der Waals surface area contributed by atoms with E-state index in [1.54, 1.807) is 0 Å².